The van der Waals surface area contributed by atoms with Crippen molar-refractivity contribution >= 4 is 0 Å². The van der Waals surface area contributed by atoms with E-state index in [1.807, 2.05) is 0 Å². The standard InChI is InChI=1S/C8H18O2.Ru/c1-4-7(6-9)8(5-2)10-3;/h7-9H,4-6H2,1-3H3;. The molecule has 0 spiro atoms. The van der Waals surface area contributed by atoms with E-state index in [1.165, 1.54) is 0 Å². The number of hydrogen-bond donors (Lipinski definition) is 1. The second-order valence-corrected chi connectivity index (χ2v) is 2.53. The SMILES string of the molecule is CCC(CO)C(CC)OC.[Ru]. The molecule has 0 bridgehead atoms. The summed E-state index contributed by atoms with van der Waals surface area (Å²) in [6.07, 6.45) is 2.20. The van der Waals surface area contributed by atoms with Gasteiger partial charge in [-0.1, -0.05) is 13.8 Å². The summed E-state index contributed by atoms with van der Waals surface area (Å²) in [5.74, 6) is 0.315. The topological polar surface area (TPSA) is 29.5 Å². The van der Waals surface area contributed by atoms with Crippen LogP contribution in [-0.4, -0.2) is 24.9 Å². The van der Waals surface area contributed by atoms with Gasteiger partial charge in [0.15, 0.2) is 0 Å². The van der Waals surface area contributed by atoms with Gasteiger partial charge in [-0.3, -0.25) is 0 Å². The molecule has 2 nitrogen and oxygen atoms in total. The molecule has 0 aliphatic rings. The zero-order chi connectivity index (χ0) is 7.98. The minimum atomic E-state index is 0. The van der Waals surface area contributed by atoms with Gasteiger partial charge in [0.1, 0.15) is 0 Å². The van der Waals surface area contributed by atoms with Gasteiger partial charge in [-0.2, -0.15) is 0 Å². The van der Waals surface area contributed by atoms with Gasteiger partial charge in [0.25, 0.3) is 0 Å². The summed E-state index contributed by atoms with van der Waals surface area (Å²) in [4.78, 5) is 0. The maximum absolute atomic E-state index is 8.88. The number of rotatable bonds is 5. The Hall–Kier alpha value is 0.543. The first kappa shape index (κ1) is 14.1. The van der Waals surface area contributed by atoms with E-state index in [0.29, 0.717) is 5.92 Å². The Morgan fingerprint density at radius 2 is 1.82 bits per heavy atom. The predicted octanol–water partition coefficient (Wildman–Crippen LogP) is 1.43. The monoisotopic (exact) mass is 248 g/mol. The molecule has 2 atom stereocenters. The van der Waals surface area contributed by atoms with Crippen molar-refractivity contribution in [3.63, 3.8) is 0 Å². The first-order chi connectivity index (χ1) is 4.79. The van der Waals surface area contributed by atoms with Crippen molar-refractivity contribution in [2.24, 2.45) is 5.92 Å². The molecule has 0 saturated carbocycles. The fraction of sp³-hybridized carbons (Fsp3) is 1.00. The van der Waals surface area contributed by atoms with E-state index in [-0.39, 0.29) is 32.2 Å². The van der Waals surface area contributed by atoms with Crippen LogP contribution >= 0.6 is 0 Å². The second-order valence-electron chi connectivity index (χ2n) is 2.53. The number of aliphatic hydroxyl groups is 1. The molecule has 0 heterocycles. The van der Waals surface area contributed by atoms with E-state index < -0.39 is 0 Å². The smallest absolute Gasteiger partial charge is 0.0618 e. The molecular formula is C8H18O2Ru. The Morgan fingerprint density at radius 1 is 1.27 bits per heavy atom. The van der Waals surface area contributed by atoms with Crippen LogP contribution in [0.5, 0.6) is 0 Å². The van der Waals surface area contributed by atoms with Gasteiger partial charge in [-0.25, -0.2) is 0 Å². The molecule has 0 aromatic carbocycles. The van der Waals surface area contributed by atoms with Crippen molar-refractivity contribution in [2.75, 3.05) is 13.7 Å². The first-order valence-corrected chi connectivity index (χ1v) is 3.93. The Bertz CT molecular complexity index is 60.5. The van der Waals surface area contributed by atoms with Gasteiger partial charge < -0.3 is 9.84 Å². The molecule has 2 unspecified atom stereocenters. The molecule has 11 heavy (non-hydrogen) atoms. The zero-order valence-electron chi connectivity index (χ0n) is 7.49. The van der Waals surface area contributed by atoms with E-state index in [1.54, 1.807) is 7.11 Å². The van der Waals surface area contributed by atoms with Crippen molar-refractivity contribution in [1.82, 2.24) is 0 Å². The van der Waals surface area contributed by atoms with Crippen LogP contribution in [0.2, 0.25) is 0 Å². The molecule has 0 aromatic rings. The second kappa shape index (κ2) is 8.64. The summed E-state index contributed by atoms with van der Waals surface area (Å²) in [7, 11) is 1.70. The molecule has 0 aromatic heterocycles. The minimum absolute atomic E-state index is 0. The summed E-state index contributed by atoms with van der Waals surface area (Å²) in [6.45, 7) is 4.39. The third kappa shape index (κ3) is 4.89. The van der Waals surface area contributed by atoms with Crippen molar-refractivity contribution in [2.45, 2.75) is 32.8 Å². The zero-order valence-corrected chi connectivity index (χ0v) is 9.22. The van der Waals surface area contributed by atoms with Crippen molar-refractivity contribution < 1.29 is 29.3 Å². The molecule has 3 heteroatoms. The molecule has 0 amide bonds. The fourth-order valence-corrected chi connectivity index (χ4v) is 1.20. The van der Waals surface area contributed by atoms with Crippen LogP contribution in [0.1, 0.15) is 26.7 Å². The summed E-state index contributed by atoms with van der Waals surface area (Å²) in [5, 5.41) is 8.88. The fourth-order valence-electron chi connectivity index (χ4n) is 1.20. The molecule has 0 saturated heterocycles. The van der Waals surface area contributed by atoms with Gasteiger partial charge in [-0.05, 0) is 12.8 Å². The summed E-state index contributed by atoms with van der Waals surface area (Å²) >= 11 is 0. The van der Waals surface area contributed by atoms with Crippen LogP contribution in [0, 0.1) is 5.92 Å². The van der Waals surface area contributed by atoms with Crippen LogP contribution in [0.4, 0.5) is 0 Å². The molecule has 70 valence electrons. The van der Waals surface area contributed by atoms with E-state index in [2.05, 4.69) is 13.8 Å². The maximum atomic E-state index is 8.88. The third-order valence-electron chi connectivity index (χ3n) is 1.99. The number of aliphatic hydroxyl groups excluding tert-OH is 1. The Labute approximate surface area is 82.1 Å². The van der Waals surface area contributed by atoms with Gasteiger partial charge in [-0.15, -0.1) is 0 Å². The quantitative estimate of drug-likeness (QED) is 0.745. The molecule has 1 N–H and O–H groups in total. The number of hydrogen-bond acceptors (Lipinski definition) is 2. The van der Waals surface area contributed by atoms with E-state index >= 15 is 0 Å². The third-order valence-corrected chi connectivity index (χ3v) is 1.99. The summed E-state index contributed by atoms with van der Waals surface area (Å²) in [6, 6.07) is 0. The van der Waals surface area contributed by atoms with E-state index in [9.17, 15) is 0 Å². The number of methoxy groups -OCH3 is 1. The van der Waals surface area contributed by atoms with Gasteiger partial charge in [0.05, 0.1) is 6.10 Å². The van der Waals surface area contributed by atoms with Gasteiger partial charge in [0, 0.05) is 39.1 Å². The average Bonchev–Trinajstić information content (AvgIpc) is 2.00. The average molecular weight is 247 g/mol. The van der Waals surface area contributed by atoms with Crippen LogP contribution in [0.3, 0.4) is 0 Å². The van der Waals surface area contributed by atoms with Crippen molar-refractivity contribution in [3.8, 4) is 0 Å². The molecule has 0 fully saturated rings. The molecule has 0 aliphatic carbocycles. The maximum Gasteiger partial charge on any atom is 0.0618 e. The van der Waals surface area contributed by atoms with Crippen LogP contribution in [0.25, 0.3) is 0 Å². The minimum Gasteiger partial charge on any atom is -0.396 e. The molecule has 0 aliphatic heterocycles. The van der Waals surface area contributed by atoms with Crippen molar-refractivity contribution in [3.05, 3.63) is 0 Å². The van der Waals surface area contributed by atoms with Gasteiger partial charge >= 0.3 is 0 Å². The summed E-state index contributed by atoms with van der Waals surface area (Å²) < 4.78 is 5.18. The van der Waals surface area contributed by atoms with E-state index in [4.69, 9.17) is 9.84 Å². The Morgan fingerprint density at radius 3 is 1.91 bits per heavy atom. The number of ether oxygens (including phenoxy) is 1. The van der Waals surface area contributed by atoms with Crippen molar-refractivity contribution in [1.29, 1.82) is 0 Å². The molecular weight excluding hydrogens is 229 g/mol. The normalized spacial score (nSPS) is 15.3. The van der Waals surface area contributed by atoms with Crippen LogP contribution in [0.15, 0.2) is 0 Å². The van der Waals surface area contributed by atoms with Crippen LogP contribution < -0.4 is 0 Å². The largest absolute Gasteiger partial charge is 0.396 e. The molecule has 0 radical (unpaired) electrons. The predicted molar refractivity (Wildman–Crippen MR) is 42.0 cm³/mol. The Balaban J connectivity index is 0. The summed E-state index contributed by atoms with van der Waals surface area (Å²) in [5.41, 5.74) is 0. The van der Waals surface area contributed by atoms with Crippen LogP contribution in [-0.2, 0) is 24.2 Å². The first-order valence-electron chi connectivity index (χ1n) is 3.93. The van der Waals surface area contributed by atoms with E-state index in [0.717, 1.165) is 12.8 Å². The molecule has 0 rings (SSSR count). The van der Waals surface area contributed by atoms with Gasteiger partial charge in [0.2, 0.25) is 0 Å². The Kier molecular flexibility index (Phi) is 11.1.